The number of fused-ring (bicyclic) bond motifs is 4. The van der Waals surface area contributed by atoms with Crippen molar-refractivity contribution in [2.45, 2.75) is 31.5 Å². The molecule has 40 heavy (non-hydrogen) atoms. The van der Waals surface area contributed by atoms with Crippen LogP contribution in [0.2, 0.25) is 0 Å². The summed E-state index contributed by atoms with van der Waals surface area (Å²) in [5, 5.41) is 61.6. The van der Waals surface area contributed by atoms with Gasteiger partial charge in [-0.05, 0) is 18.6 Å². The van der Waals surface area contributed by atoms with E-state index >= 15 is 0 Å². The monoisotopic (exact) mass is 550 g/mol. The van der Waals surface area contributed by atoms with Crippen LogP contribution in [0.15, 0.2) is 47.5 Å². The summed E-state index contributed by atoms with van der Waals surface area (Å²) in [7, 11) is 0. The van der Waals surface area contributed by atoms with Gasteiger partial charge in [-0.2, -0.15) is 0 Å². The van der Waals surface area contributed by atoms with Gasteiger partial charge in [0.15, 0.2) is 23.1 Å². The van der Waals surface area contributed by atoms with E-state index in [4.69, 9.17) is 0 Å². The summed E-state index contributed by atoms with van der Waals surface area (Å²) in [6.45, 7) is 0. The molecule has 6 N–H and O–H groups in total. The molecular formula is C28H22O12. The molecule has 3 aliphatic carbocycles. The van der Waals surface area contributed by atoms with E-state index in [0.717, 1.165) is 12.1 Å². The van der Waals surface area contributed by atoms with Crippen molar-refractivity contribution in [3.8, 4) is 11.5 Å². The first-order chi connectivity index (χ1) is 18.8. The van der Waals surface area contributed by atoms with E-state index < -0.39 is 118 Å². The quantitative estimate of drug-likeness (QED) is 0.285. The predicted octanol–water partition coefficient (Wildman–Crippen LogP) is 1.15. The van der Waals surface area contributed by atoms with Crippen molar-refractivity contribution < 1.29 is 59.4 Å². The molecule has 3 aliphatic rings. The number of aliphatic carboxylic acids is 2. The number of carboxylic acids is 2. The van der Waals surface area contributed by atoms with Crippen LogP contribution >= 0.6 is 0 Å². The Morgan fingerprint density at radius 2 is 1.38 bits per heavy atom. The number of rotatable bonds is 7. The maximum absolute atomic E-state index is 14.4. The number of carboxylic acid groups (broad SMARTS) is 2. The summed E-state index contributed by atoms with van der Waals surface area (Å²) >= 11 is 0. The number of carbonyl (C=O) groups excluding carboxylic acids is 4. The number of hydrogen-bond acceptors (Lipinski definition) is 10. The van der Waals surface area contributed by atoms with Crippen LogP contribution in [0.25, 0.3) is 0 Å². The first-order valence-electron chi connectivity index (χ1n) is 12.2. The number of carbonyl (C=O) groups is 6. The average molecular weight is 550 g/mol. The molecule has 0 unspecified atom stereocenters. The van der Waals surface area contributed by atoms with Crippen LogP contribution in [0.1, 0.15) is 60.7 Å². The molecule has 0 saturated carbocycles. The Morgan fingerprint density at radius 3 is 1.98 bits per heavy atom. The molecule has 0 spiro atoms. The van der Waals surface area contributed by atoms with Gasteiger partial charge < -0.3 is 30.6 Å². The van der Waals surface area contributed by atoms with Crippen molar-refractivity contribution in [1.82, 2.24) is 0 Å². The molecule has 2 aromatic rings. The van der Waals surface area contributed by atoms with Gasteiger partial charge in [0.1, 0.15) is 11.5 Å². The lowest BCUT2D eigenvalue weighted by Gasteiger charge is -2.43. The number of aromatic hydroxyl groups is 2. The third-order valence-corrected chi connectivity index (χ3v) is 7.91. The Balaban J connectivity index is 1.88. The van der Waals surface area contributed by atoms with Crippen LogP contribution in [0.4, 0.5) is 0 Å². The molecular weight excluding hydrogens is 528 g/mol. The number of allylic oxidation sites excluding steroid dienone is 1. The fraction of sp³-hybridized carbons (Fsp3) is 0.286. The first kappa shape index (κ1) is 26.9. The van der Waals surface area contributed by atoms with Crippen molar-refractivity contribution >= 4 is 35.1 Å². The van der Waals surface area contributed by atoms with Gasteiger partial charge in [0.05, 0.1) is 41.6 Å². The molecule has 0 fully saturated rings. The number of phenols is 2. The number of Topliss-reactive ketones (excluding diaryl/α,β-unsaturated/α-hetero) is 4. The summed E-state index contributed by atoms with van der Waals surface area (Å²) in [5.41, 5.74) is -5.23. The predicted molar refractivity (Wildman–Crippen MR) is 131 cm³/mol. The Hall–Kier alpha value is -4.68. The van der Waals surface area contributed by atoms with Crippen molar-refractivity contribution in [2.24, 2.45) is 17.3 Å². The number of phenolic OH excluding ortho intramolecular Hbond substituents is 2. The van der Waals surface area contributed by atoms with Gasteiger partial charge in [-0.1, -0.05) is 24.3 Å². The zero-order valence-corrected chi connectivity index (χ0v) is 20.5. The third-order valence-electron chi connectivity index (χ3n) is 7.91. The minimum Gasteiger partial charge on any atom is -0.507 e. The maximum Gasteiger partial charge on any atom is 0.305 e. The van der Waals surface area contributed by atoms with Crippen molar-refractivity contribution in [2.75, 3.05) is 0 Å². The highest BCUT2D eigenvalue weighted by Crippen LogP contribution is 2.63. The van der Waals surface area contributed by atoms with E-state index in [-0.39, 0.29) is 11.1 Å². The molecule has 2 aromatic carbocycles. The zero-order chi connectivity index (χ0) is 29.3. The maximum atomic E-state index is 14.4. The van der Waals surface area contributed by atoms with E-state index in [2.05, 4.69) is 0 Å². The Labute approximate surface area is 224 Å². The Morgan fingerprint density at radius 1 is 0.800 bits per heavy atom. The molecule has 5 atom stereocenters. The Kier molecular flexibility index (Phi) is 6.20. The number of aliphatic hydroxyl groups excluding tert-OH is 2. The fourth-order valence-electron chi connectivity index (χ4n) is 6.58. The van der Waals surface area contributed by atoms with Crippen LogP contribution in [0.5, 0.6) is 11.5 Å². The smallest absolute Gasteiger partial charge is 0.305 e. The summed E-state index contributed by atoms with van der Waals surface area (Å²) in [6, 6.07) is 7.14. The van der Waals surface area contributed by atoms with Crippen molar-refractivity contribution in [3.05, 3.63) is 69.8 Å². The van der Waals surface area contributed by atoms with Gasteiger partial charge >= 0.3 is 11.9 Å². The summed E-state index contributed by atoms with van der Waals surface area (Å²) in [4.78, 5) is 79.4. The number of benzene rings is 2. The normalized spacial score (nSPS) is 24.6. The van der Waals surface area contributed by atoms with E-state index in [1.54, 1.807) is 0 Å². The van der Waals surface area contributed by atoms with E-state index in [1.165, 1.54) is 24.3 Å². The molecule has 0 saturated heterocycles. The van der Waals surface area contributed by atoms with Crippen LogP contribution < -0.4 is 0 Å². The number of hydrogen-bond donors (Lipinski definition) is 6. The first-order valence-corrected chi connectivity index (χ1v) is 12.2. The third kappa shape index (κ3) is 3.60. The van der Waals surface area contributed by atoms with Crippen LogP contribution in [0, 0.1) is 17.3 Å². The lowest BCUT2D eigenvalue weighted by Crippen LogP contribution is -2.52. The molecule has 12 heteroatoms. The highest BCUT2D eigenvalue weighted by molar-refractivity contribution is 6.34. The van der Waals surface area contributed by atoms with E-state index in [9.17, 15) is 59.4 Å². The second-order valence-electron chi connectivity index (χ2n) is 10.1. The number of aliphatic hydroxyl groups is 2. The fourth-order valence-corrected chi connectivity index (χ4v) is 6.58. The Bertz CT molecular complexity index is 1580. The summed E-state index contributed by atoms with van der Waals surface area (Å²) in [6.07, 6.45) is -6.62. The van der Waals surface area contributed by atoms with Crippen molar-refractivity contribution in [1.29, 1.82) is 0 Å². The second kappa shape index (κ2) is 9.21. The van der Waals surface area contributed by atoms with Gasteiger partial charge in [0.2, 0.25) is 0 Å². The molecule has 0 amide bonds. The molecule has 0 bridgehead atoms. The van der Waals surface area contributed by atoms with Crippen LogP contribution in [-0.2, 0) is 9.59 Å². The lowest BCUT2D eigenvalue weighted by molar-refractivity contribution is -0.141. The molecule has 0 aromatic heterocycles. The summed E-state index contributed by atoms with van der Waals surface area (Å²) < 4.78 is 0. The van der Waals surface area contributed by atoms with Gasteiger partial charge in [-0.15, -0.1) is 0 Å². The molecule has 12 nitrogen and oxygen atoms in total. The molecule has 0 aliphatic heterocycles. The SMILES string of the molecule is O=C(O)C[C@@H](O)C[C@@]12C(=O)c3cccc(O)c3C(=O)[C@@H]1[C@@H]([C@H](O)CC(=O)O)C1=C2C(=O)c2c(O)cccc2C1=O. The molecule has 0 heterocycles. The van der Waals surface area contributed by atoms with Crippen molar-refractivity contribution in [3.63, 3.8) is 0 Å². The van der Waals surface area contributed by atoms with E-state index in [1.807, 2.05) is 0 Å². The highest BCUT2D eigenvalue weighted by atomic mass is 16.4. The molecule has 5 rings (SSSR count). The lowest BCUT2D eigenvalue weighted by atomic mass is 9.56. The van der Waals surface area contributed by atoms with Gasteiger partial charge in [-0.3, -0.25) is 28.8 Å². The standard InChI is InChI=1S/C28H22O12/c29-10(7-16(33)34)9-28-22(26(39)19-12(27(28)40)4-2-6-14(19)31)20(15(32)8-17(35)36)21-23(28)25(38)18-11(24(21)37)3-1-5-13(18)30/h1-6,10,15,20,22,29-32H,7-9H2,(H,33,34)(H,35,36)/t10-,15-,20+,22+,28-/m1/s1. The highest BCUT2D eigenvalue weighted by Gasteiger charge is 2.69. The minimum absolute atomic E-state index is 0.309. The largest absolute Gasteiger partial charge is 0.507 e. The molecule has 0 radical (unpaired) electrons. The zero-order valence-electron chi connectivity index (χ0n) is 20.5. The van der Waals surface area contributed by atoms with Gasteiger partial charge in [0, 0.05) is 34.1 Å². The minimum atomic E-state index is -2.43. The topological polar surface area (TPSA) is 224 Å². The van der Waals surface area contributed by atoms with E-state index in [0.29, 0.717) is 0 Å². The van der Waals surface area contributed by atoms with Crippen LogP contribution in [0.3, 0.4) is 0 Å². The molecule has 206 valence electrons. The second-order valence-corrected chi connectivity index (χ2v) is 10.1. The van der Waals surface area contributed by atoms with Gasteiger partial charge in [-0.25, -0.2) is 0 Å². The summed E-state index contributed by atoms with van der Waals surface area (Å²) in [5.74, 6) is -11.9. The van der Waals surface area contributed by atoms with Gasteiger partial charge in [0.25, 0.3) is 0 Å². The average Bonchev–Trinajstić information content (AvgIpc) is 3.17. The van der Waals surface area contributed by atoms with Crippen LogP contribution in [-0.4, -0.2) is 77.9 Å². The number of ketones is 4.